The van der Waals surface area contributed by atoms with Crippen LogP contribution < -0.4 is 5.56 Å². The molecule has 0 aliphatic rings. The van der Waals surface area contributed by atoms with Crippen LogP contribution in [-0.2, 0) is 11.3 Å². The number of unbranched alkanes of at least 4 members (excludes halogenated alkanes) is 1. The zero-order valence-electron chi connectivity index (χ0n) is 11.2. The summed E-state index contributed by atoms with van der Waals surface area (Å²) < 4.78 is 1.45. The molecule has 1 aromatic carbocycles. The minimum atomic E-state index is -0.864. The molecule has 7 nitrogen and oxygen atoms in total. The van der Waals surface area contributed by atoms with Gasteiger partial charge in [-0.3, -0.25) is 19.7 Å². The number of non-ortho nitro benzene ring substituents is 1. The van der Waals surface area contributed by atoms with E-state index < -0.39 is 10.9 Å². The maximum absolute atomic E-state index is 12.3. The number of carboxylic acid groups (broad SMARTS) is 1. The summed E-state index contributed by atoms with van der Waals surface area (Å²) in [5.41, 5.74) is -0.394. The molecular formula is C14H14N2O5. The second kappa shape index (κ2) is 6.17. The lowest BCUT2D eigenvalue weighted by Crippen LogP contribution is -2.19. The Morgan fingerprint density at radius 3 is 2.67 bits per heavy atom. The van der Waals surface area contributed by atoms with Gasteiger partial charge in [-0.2, -0.15) is 0 Å². The smallest absolute Gasteiger partial charge is 0.303 e. The number of nitrogens with zero attached hydrogens (tertiary/aromatic N) is 2. The van der Waals surface area contributed by atoms with E-state index in [1.807, 2.05) is 0 Å². The quantitative estimate of drug-likeness (QED) is 0.499. The van der Waals surface area contributed by atoms with Gasteiger partial charge in [-0.05, 0) is 25.0 Å². The number of carboxylic acids is 1. The lowest BCUT2D eigenvalue weighted by atomic mass is 10.1. The predicted octanol–water partition coefficient (Wildman–Crippen LogP) is 2.16. The SMILES string of the molecule is O=C(O)CCCCn1ccc2c([N+](=O)[O-])cccc2c1=O. The number of aromatic nitrogens is 1. The summed E-state index contributed by atoms with van der Waals surface area (Å²) in [6.07, 6.45) is 2.62. The van der Waals surface area contributed by atoms with Crippen molar-refractivity contribution < 1.29 is 14.8 Å². The van der Waals surface area contributed by atoms with E-state index in [4.69, 9.17) is 5.11 Å². The van der Waals surface area contributed by atoms with Gasteiger partial charge in [-0.1, -0.05) is 6.07 Å². The minimum Gasteiger partial charge on any atom is -0.481 e. The Morgan fingerprint density at radius 1 is 1.24 bits per heavy atom. The second-order valence-corrected chi connectivity index (χ2v) is 4.66. The molecule has 0 saturated heterocycles. The number of benzene rings is 1. The first-order valence-electron chi connectivity index (χ1n) is 6.49. The third-order valence-electron chi connectivity index (χ3n) is 3.23. The fourth-order valence-corrected chi connectivity index (χ4v) is 2.20. The Bertz CT molecular complexity index is 751. The first-order valence-corrected chi connectivity index (χ1v) is 6.49. The van der Waals surface area contributed by atoms with Crippen LogP contribution in [-0.4, -0.2) is 20.6 Å². The summed E-state index contributed by atoms with van der Waals surface area (Å²) in [7, 11) is 0. The number of carbonyl (C=O) groups is 1. The van der Waals surface area contributed by atoms with Crippen LogP contribution >= 0.6 is 0 Å². The molecule has 7 heteroatoms. The van der Waals surface area contributed by atoms with E-state index in [1.54, 1.807) is 12.1 Å². The number of hydrogen-bond donors (Lipinski definition) is 1. The molecule has 0 atom stereocenters. The molecule has 2 rings (SSSR count). The molecule has 21 heavy (non-hydrogen) atoms. The van der Waals surface area contributed by atoms with Crippen molar-refractivity contribution in [3.8, 4) is 0 Å². The van der Waals surface area contributed by atoms with Crippen LogP contribution in [0.25, 0.3) is 10.8 Å². The normalized spacial score (nSPS) is 10.7. The van der Waals surface area contributed by atoms with Crippen LogP contribution in [0.2, 0.25) is 0 Å². The van der Waals surface area contributed by atoms with Crippen molar-refractivity contribution in [2.75, 3.05) is 0 Å². The monoisotopic (exact) mass is 290 g/mol. The summed E-state index contributed by atoms with van der Waals surface area (Å²) in [6.45, 7) is 0.394. The standard InChI is InChI=1S/C14H14N2O5/c17-13(18)6-1-2-8-15-9-7-10-11(14(15)19)4-3-5-12(10)16(20)21/h3-5,7,9H,1-2,6,8H2,(H,17,18). The molecule has 1 N–H and O–H groups in total. The van der Waals surface area contributed by atoms with E-state index in [9.17, 15) is 19.7 Å². The zero-order valence-corrected chi connectivity index (χ0v) is 11.2. The lowest BCUT2D eigenvalue weighted by molar-refractivity contribution is -0.383. The number of aliphatic carboxylic acids is 1. The second-order valence-electron chi connectivity index (χ2n) is 4.66. The molecule has 0 saturated carbocycles. The van der Waals surface area contributed by atoms with E-state index in [1.165, 1.54) is 22.9 Å². The number of rotatable bonds is 6. The van der Waals surface area contributed by atoms with Gasteiger partial charge in [0, 0.05) is 25.2 Å². The van der Waals surface area contributed by atoms with Gasteiger partial charge in [0.25, 0.3) is 11.2 Å². The molecule has 0 radical (unpaired) electrons. The van der Waals surface area contributed by atoms with Crippen molar-refractivity contribution in [1.29, 1.82) is 0 Å². The van der Waals surface area contributed by atoms with E-state index in [-0.39, 0.29) is 17.7 Å². The minimum absolute atomic E-state index is 0.0633. The van der Waals surface area contributed by atoms with Crippen molar-refractivity contribution in [3.63, 3.8) is 0 Å². The third kappa shape index (κ3) is 3.25. The summed E-state index contributed by atoms with van der Waals surface area (Å²) in [6, 6.07) is 5.94. The Kier molecular flexibility index (Phi) is 4.32. The van der Waals surface area contributed by atoms with Gasteiger partial charge in [0.05, 0.1) is 15.7 Å². The summed E-state index contributed by atoms with van der Waals surface area (Å²) in [5.74, 6) is -0.864. The van der Waals surface area contributed by atoms with Gasteiger partial charge >= 0.3 is 5.97 Å². The Labute approximate surface area is 119 Å². The van der Waals surface area contributed by atoms with Crippen molar-refractivity contribution in [1.82, 2.24) is 4.57 Å². The Balaban J connectivity index is 2.28. The Morgan fingerprint density at radius 2 is 2.00 bits per heavy atom. The molecule has 0 aliphatic heterocycles. The number of fused-ring (bicyclic) bond motifs is 1. The third-order valence-corrected chi connectivity index (χ3v) is 3.23. The van der Waals surface area contributed by atoms with Gasteiger partial charge in [0.2, 0.25) is 0 Å². The van der Waals surface area contributed by atoms with Crippen LogP contribution in [0.1, 0.15) is 19.3 Å². The fraction of sp³-hybridized carbons (Fsp3) is 0.286. The van der Waals surface area contributed by atoms with Crippen LogP contribution in [0.3, 0.4) is 0 Å². The number of hydrogen-bond acceptors (Lipinski definition) is 4. The van der Waals surface area contributed by atoms with E-state index in [0.717, 1.165) is 0 Å². The van der Waals surface area contributed by atoms with Crippen molar-refractivity contribution in [2.24, 2.45) is 0 Å². The highest BCUT2D eigenvalue weighted by atomic mass is 16.6. The molecule has 0 unspecified atom stereocenters. The first kappa shape index (κ1) is 14.7. The zero-order chi connectivity index (χ0) is 15.4. The molecule has 110 valence electrons. The summed E-state index contributed by atoms with van der Waals surface area (Å²) in [5, 5.41) is 20.1. The number of pyridine rings is 1. The van der Waals surface area contributed by atoms with Crippen LogP contribution in [0.5, 0.6) is 0 Å². The first-order chi connectivity index (χ1) is 10.0. The predicted molar refractivity (Wildman–Crippen MR) is 76.3 cm³/mol. The topological polar surface area (TPSA) is 102 Å². The van der Waals surface area contributed by atoms with Crippen molar-refractivity contribution >= 4 is 22.4 Å². The highest BCUT2D eigenvalue weighted by molar-refractivity contribution is 5.89. The molecule has 0 aliphatic carbocycles. The number of nitro benzene ring substituents is 1. The number of aryl methyl sites for hydroxylation is 1. The average molecular weight is 290 g/mol. The molecule has 1 heterocycles. The summed E-state index contributed by atoms with van der Waals surface area (Å²) >= 11 is 0. The summed E-state index contributed by atoms with van der Waals surface area (Å²) in [4.78, 5) is 33.1. The van der Waals surface area contributed by atoms with E-state index in [2.05, 4.69) is 0 Å². The fourth-order valence-electron chi connectivity index (χ4n) is 2.20. The van der Waals surface area contributed by atoms with Crippen LogP contribution in [0.15, 0.2) is 35.3 Å². The molecule has 1 aromatic heterocycles. The van der Waals surface area contributed by atoms with Crippen molar-refractivity contribution in [3.05, 3.63) is 50.9 Å². The van der Waals surface area contributed by atoms with Gasteiger partial charge in [-0.15, -0.1) is 0 Å². The Hall–Kier alpha value is -2.70. The maximum Gasteiger partial charge on any atom is 0.303 e. The van der Waals surface area contributed by atoms with Gasteiger partial charge in [0.1, 0.15) is 0 Å². The molecule has 0 bridgehead atoms. The van der Waals surface area contributed by atoms with E-state index in [0.29, 0.717) is 30.2 Å². The van der Waals surface area contributed by atoms with E-state index >= 15 is 0 Å². The maximum atomic E-state index is 12.3. The highest BCUT2D eigenvalue weighted by Crippen LogP contribution is 2.22. The molecule has 0 spiro atoms. The highest BCUT2D eigenvalue weighted by Gasteiger charge is 2.13. The molecule has 0 amide bonds. The van der Waals surface area contributed by atoms with Crippen LogP contribution in [0.4, 0.5) is 5.69 Å². The van der Waals surface area contributed by atoms with Crippen molar-refractivity contribution in [2.45, 2.75) is 25.8 Å². The van der Waals surface area contributed by atoms with Gasteiger partial charge in [0.15, 0.2) is 0 Å². The van der Waals surface area contributed by atoms with Crippen LogP contribution in [0, 0.1) is 10.1 Å². The van der Waals surface area contributed by atoms with Gasteiger partial charge < -0.3 is 9.67 Å². The lowest BCUT2D eigenvalue weighted by Gasteiger charge is -2.07. The molecule has 0 fully saturated rings. The average Bonchev–Trinajstić information content (AvgIpc) is 2.44. The largest absolute Gasteiger partial charge is 0.481 e. The van der Waals surface area contributed by atoms with Gasteiger partial charge in [-0.25, -0.2) is 0 Å². The number of nitro groups is 1. The molecular weight excluding hydrogens is 276 g/mol. The molecule has 2 aromatic rings.